The van der Waals surface area contributed by atoms with Gasteiger partial charge in [-0.05, 0) is 208 Å². The molecule has 4 N–H and O–H groups in total. The molecule has 21 rings (SSSR count). The Morgan fingerprint density at radius 1 is 0.188 bits per heavy atom. The number of hydrogen-bond acceptors (Lipinski definition) is 20. The first kappa shape index (κ1) is 82.5. The highest BCUT2D eigenvalue weighted by Gasteiger charge is 2.24. The molecule has 0 radical (unpaired) electrons. The highest BCUT2D eigenvalue weighted by Crippen LogP contribution is 2.43. The van der Waals surface area contributed by atoms with Gasteiger partial charge in [-0.3, -0.25) is 0 Å². The van der Waals surface area contributed by atoms with Gasteiger partial charge in [0.15, 0.2) is 46.6 Å². The van der Waals surface area contributed by atoms with E-state index in [4.69, 9.17) is 38.9 Å². The number of benzene rings is 17. The molecule has 0 aliphatic heterocycles. The summed E-state index contributed by atoms with van der Waals surface area (Å²) in [5.41, 5.74) is 5.74. The second-order valence-corrected chi connectivity index (χ2v) is 30.5. The van der Waals surface area contributed by atoms with E-state index < -0.39 is 0 Å². The Balaban J connectivity index is 0.000000115. The predicted octanol–water partition coefficient (Wildman–Crippen LogP) is 25.2. The minimum atomic E-state index is 0.112. The number of aromatic nitrogens is 12. The smallest absolute Gasteiger partial charge is 0.320 e. The van der Waals surface area contributed by atoms with Gasteiger partial charge in [0.25, 0.3) is 0 Å². The van der Waals surface area contributed by atoms with E-state index in [1.165, 1.54) is 32.3 Å². The maximum Gasteiger partial charge on any atom is 0.320 e. The van der Waals surface area contributed by atoms with Gasteiger partial charge < -0.3 is 39.4 Å². The number of para-hydroxylation sites is 4. The van der Waals surface area contributed by atoms with Crippen LogP contribution in [0.15, 0.2) is 328 Å². The van der Waals surface area contributed by atoms with Crippen LogP contribution in [0.5, 0.6) is 47.0 Å². The van der Waals surface area contributed by atoms with Gasteiger partial charge in [0.05, 0.1) is 48.7 Å². The zero-order valence-electron chi connectivity index (χ0n) is 70.6. The van der Waals surface area contributed by atoms with Crippen LogP contribution in [0.25, 0.3) is 188 Å². The van der Waals surface area contributed by atoms with E-state index in [-0.39, 0.29) is 47.0 Å². The van der Waals surface area contributed by atoms with E-state index in [0.717, 1.165) is 113 Å². The van der Waals surface area contributed by atoms with Gasteiger partial charge in [0, 0.05) is 22.3 Å². The van der Waals surface area contributed by atoms with Crippen LogP contribution >= 0.6 is 0 Å². The lowest BCUT2D eigenvalue weighted by atomic mass is 9.93. The summed E-state index contributed by atoms with van der Waals surface area (Å²) in [6.07, 6.45) is 3.35. The SMILES string of the molecule is CCCOc1nc(-c2ccc3cc4ccccc4cc3c2)nc(-c2ccccc2O)n1.CCCOc1nc(-c2ccccc2O)nc(-c2c3ccccc3cc3ccccc23)n1.CCCOc1nc(-c2ccccc2O)nc(-c2cc3c4ccccc4ccc3c3ccccc23)n1.CCCOc1nc(-c2ccccc2O)nc(-c2cc3ccccc3c3ccccc23)n1. The van der Waals surface area contributed by atoms with Crippen molar-refractivity contribution in [3.8, 4) is 138 Å². The molecule has 21 aromatic rings. The minimum Gasteiger partial charge on any atom is -0.507 e. The van der Waals surface area contributed by atoms with Crippen molar-refractivity contribution in [2.24, 2.45) is 0 Å². The fraction of sp³-hybridized carbons (Fsp3) is 0.111. The second kappa shape index (κ2) is 37.7. The summed E-state index contributed by atoms with van der Waals surface area (Å²) in [6.45, 7) is 10.1. The van der Waals surface area contributed by atoms with Crippen molar-refractivity contribution in [3.05, 3.63) is 328 Å². The van der Waals surface area contributed by atoms with Gasteiger partial charge in [-0.2, -0.15) is 39.9 Å². The maximum atomic E-state index is 10.5. The Labute approximate surface area is 737 Å². The van der Waals surface area contributed by atoms with E-state index in [2.05, 4.69) is 198 Å². The Hall–Kier alpha value is -16.5. The van der Waals surface area contributed by atoms with Crippen molar-refractivity contribution in [1.82, 2.24) is 59.8 Å². The van der Waals surface area contributed by atoms with Gasteiger partial charge in [0.2, 0.25) is 0 Å². The summed E-state index contributed by atoms with van der Waals surface area (Å²) in [6, 6.07) is 108. The molecule has 0 fully saturated rings. The van der Waals surface area contributed by atoms with E-state index in [9.17, 15) is 20.4 Å². The van der Waals surface area contributed by atoms with Crippen molar-refractivity contribution in [2.45, 2.75) is 53.4 Å². The first-order valence-electron chi connectivity index (χ1n) is 42.7. The van der Waals surface area contributed by atoms with E-state index >= 15 is 0 Å². The van der Waals surface area contributed by atoms with Crippen molar-refractivity contribution in [2.75, 3.05) is 26.4 Å². The number of rotatable bonds is 20. The summed E-state index contributed by atoms with van der Waals surface area (Å²) < 4.78 is 23.1. The number of fused-ring (bicyclic) bond motifs is 12. The van der Waals surface area contributed by atoms with Crippen LogP contribution in [0.2, 0.25) is 0 Å². The highest BCUT2D eigenvalue weighted by atomic mass is 16.5. The van der Waals surface area contributed by atoms with Gasteiger partial charge in [-0.25, -0.2) is 19.9 Å². The Morgan fingerprint density at radius 2 is 0.461 bits per heavy atom. The third-order valence-electron chi connectivity index (χ3n) is 21.8. The zero-order valence-corrected chi connectivity index (χ0v) is 70.6. The Morgan fingerprint density at radius 3 is 0.891 bits per heavy atom. The van der Waals surface area contributed by atoms with Crippen LogP contribution in [-0.4, -0.2) is 107 Å². The summed E-state index contributed by atoms with van der Waals surface area (Å²) in [5.74, 6) is 4.03. The average molecular weight is 1680 g/mol. The largest absolute Gasteiger partial charge is 0.507 e. The summed E-state index contributed by atoms with van der Waals surface area (Å²) >= 11 is 0. The normalized spacial score (nSPS) is 11.2. The standard InChI is InChI=1S/C30H23N3O2.3C26H21N3O2/c1-2-17-35-30-32-28(24-13-7-8-14-27(24)34)31-29(33-30)26-18-25-20-10-4-3-9-19(20)15-16-23(25)21-11-5-6-12-22(21)26;1-2-15-31-26-28-24(21-13-7-8-14-22(21)30)27-25(29-26)23-19-11-5-3-9-17(19)16-18-10-4-6-12-20(18)23;1-2-15-31-26-28-24(21-13-7-8-14-23(21)30)27-25(29-26)22-16-17-9-3-4-10-18(17)19-11-5-6-12-20(19)22;1-2-13-31-26-28-24(27-25(29-26)22-9-5-6-10-23(22)30)20-12-11-19-14-17-7-3-4-8-18(17)15-21(19)16-20/h3-16,18,34H,2,17H2,1H3;2*3-14,16,30H,2,15H2,1H3;3-12,14-16,30H,2,13H2,1H3. The molecule has 128 heavy (non-hydrogen) atoms. The number of nitrogens with zero attached hydrogens (tertiary/aromatic N) is 12. The zero-order chi connectivity index (χ0) is 87.4. The van der Waals surface area contributed by atoms with Crippen LogP contribution in [0, 0.1) is 0 Å². The molecule has 20 heteroatoms. The summed E-state index contributed by atoms with van der Waals surface area (Å²) in [7, 11) is 0. The number of aromatic hydroxyl groups is 4. The molecule has 0 aliphatic carbocycles. The molecule has 0 aliphatic rings. The minimum absolute atomic E-state index is 0.112. The van der Waals surface area contributed by atoms with Crippen LogP contribution in [0.1, 0.15) is 53.4 Å². The predicted molar refractivity (Wildman–Crippen MR) is 510 cm³/mol. The van der Waals surface area contributed by atoms with Crippen LogP contribution in [-0.2, 0) is 0 Å². The van der Waals surface area contributed by atoms with Gasteiger partial charge >= 0.3 is 24.0 Å². The average Bonchev–Trinajstić information content (AvgIpc) is 0.731. The van der Waals surface area contributed by atoms with E-state index in [1.807, 2.05) is 125 Å². The third-order valence-corrected chi connectivity index (χ3v) is 21.8. The molecule has 0 atom stereocenters. The fourth-order valence-electron chi connectivity index (χ4n) is 15.7. The third kappa shape index (κ3) is 17.6. The monoisotopic (exact) mass is 1680 g/mol. The number of phenolic OH excluding ortho intramolecular Hbond substituents is 4. The van der Waals surface area contributed by atoms with Gasteiger partial charge in [-0.1, -0.05) is 270 Å². The lowest BCUT2D eigenvalue weighted by Gasteiger charge is -2.14. The number of phenols is 4. The van der Waals surface area contributed by atoms with Gasteiger partial charge in [-0.15, -0.1) is 0 Å². The molecule has 4 heterocycles. The van der Waals surface area contributed by atoms with E-state index in [1.54, 1.807) is 72.8 Å². The Bertz CT molecular complexity index is 7640. The van der Waals surface area contributed by atoms with Crippen molar-refractivity contribution in [3.63, 3.8) is 0 Å². The topological polar surface area (TPSA) is 273 Å². The number of hydrogen-bond donors (Lipinski definition) is 4. The van der Waals surface area contributed by atoms with Crippen LogP contribution in [0.4, 0.5) is 0 Å². The molecule has 0 bridgehead atoms. The lowest BCUT2D eigenvalue weighted by molar-refractivity contribution is 0.292. The lowest BCUT2D eigenvalue weighted by Crippen LogP contribution is -2.05. The van der Waals surface area contributed by atoms with Gasteiger partial charge in [0.1, 0.15) is 23.0 Å². The Kier molecular flexibility index (Phi) is 24.3. The molecule has 0 saturated heterocycles. The maximum absolute atomic E-state index is 10.5. The quantitative estimate of drug-likeness (QED) is 0.0408. The molecule has 0 amide bonds. The molecule has 0 unspecified atom stereocenters. The molecule has 0 saturated carbocycles. The van der Waals surface area contributed by atoms with Crippen molar-refractivity contribution in [1.29, 1.82) is 0 Å². The molecule has 0 spiro atoms. The molecule has 17 aromatic carbocycles. The summed E-state index contributed by atoms with van der Waals surface area (Å²) in [4.78, 5) is 55.4. The molecule has 626 valence electrons. The van der Waals surface area contributed by atoms with Crippen LogP contribution < -0.4 is 18.9 Å². The molecule has 20 nitrogen and oxygen atoms in total. The highest BCUT2D eigenvalue weighted by molar-refractivity contribution is 6.21. The number of ether oxygens (including phenoxy) is 4. The first-order chi connectivity index (χ1) is 62.9. The van der Waals surface area contributed by atoms with Crippen molar-refractivity contribution >= 4 is 97.0 Å². The summed E-state index contributed by atoms with van der Waals surface area (Å²) in [5, 5.41) is 61.8. The molecule has 4 aromatic heterocycles. The van der Waals surface area contributed by atoms with E-state index in [0.29, 0.717) is 95.3 Å². The first-order valence-corrected chi connectivity index (χ1v) is 42.7. The van der Waals surface area contributed by atoms with Crippen molar-refractivity contribution < 1.29 is 39.4 Å². The molecular weight excluding hydrogens is 1590 g/mol. The fourth-order valence-corrected chi connectivity index (χ4v) is 15.7. The molecular formula is C108H86N12O8. The van der Waals surface area contributed by atoms with Crippen LogP contribution in [0.3, 0.4) is 0 Å². The second-order valence-electron chi connectivity index (χ2n) is 30.5.